The molecule has 12 heavy (non-hydrogen) atoms. The van der Waals surface area contributed by atoms with Gasteiger partial charge in [0.25, 0.3) is 0 Å². The number of hydrogen-bond acceptors (Lipinski definition) is 2. The smallest absolute Gasteiger partial charge is 0.0122 e. The van der Waals surface area contributed by atoms with Gasteiger partial charge in [-0.2, -0.15) is 0 Å². The average Bonchev–Trinajstić information content (AvgIpc) is 2.02. The topological polar surface area (TPSA) is 38.0 Å². The number of nitrogens with one attached hydrogen (secondary N) is 1. The highest BCUT2D eigenvalue weighted by atomic mass is 14.9. The van der Waals surface area contributed by atoms with Gasteiger partial charge < -0.3 is 11.1 Å². The van der Waals surface area contributed by atoms with Crippen LogP contribution in [0, 0.1) is 11.8 Å². The molecule has 0 aromatic rings. The Morgan fingerprint density at radius 1 is 1.17 bits per heavy atom. The van der Waals surface area contributed by atoms with E-state index in [1.165, 1.54) is 32.1 Å². The van der Waals surface area contributed by atoms with Crippen molar-refractivity contribution in [2.75, 3.05) is 7.05 Å². The van der Waals surface area contributed by atoms with Crippen molar-refractivity contribution < 1.29 is 0 Å². The van der Waals surface area contributed by atoms with Crippen LogP contribution in [0.3, 0.4) is 0 Å². The molecule has 70 valence electrons. The Morgan fingerprint density at radius 2 is 1.75 bits per heavy atom. The third-order valence-electron chi connectivity index (χ3n) is 3.71. The summed E-state index contributed by atoms with van der Waals surface area (Å²) in [5.41, 5.74) is 6.01. The molecule has 2 unspecified atom stereocenters. The molecule has 2 nitrogen and oxygen atoms in total. The van der Waals surface area contributed by atoms with Crippen molar-refractivity contribution in [1.29, 1.82) is 0 Å². The minimum atomic E-state index is 0.491. The van der Waals surface area contributed by atoms with Gasteiger partial charge in [0.2, 0.25) is 0 Å². The van der Waals surface area contributed by atoms with Gasteiger partial charge in [-0.3, -0.25) is 0 Å². The summed E-state index contributed by atoms with van der Waals surface area (Å²) in [7, 11) is 2.10. The summed E-state index contributed by atoms with van der Waals surface area (Å²) in [6.45, 7) is 0. The van der Waals surface area contributed by atoms with Crippen LogP contribution in [0.2, 0.25) is 0 Å². The molecular formula is C10H20N2. The van der Waals surface area contributed by atoms with Crippen LogP contribution < -0.4 is 11.1 Å². The van der Waals surface area contributed by atoms with Gasteiger partial charge in [-0.15, -0.1) is 0 Å². The molecule has 0 heterocycles. The summed E-state index contributed by atoms with van der Waals surface area (Å²) in [5, 5.41) is 3.47. The highest BCUT2D eigenvalue weighted by Crippen LogP contribution is 2.39. The van der Waals surface area contributed by atoms with Gasteiger partial charge in [0.15, 0.2) is 0 Å². The Balaban J connectivity index is 2.06. The minimum absolute atomic E-state index is 0.491. The second-order valence-electron chi connectivity index (χ2n) is 4.50. The van der Waals surface area contributed by atoms with E-state index in [0.717, 1.165) is 17.9 Å². The van der Waals surface area contributed by atoms with Gasteiger partial charge in [-0.25, -0.2) is 0 Å². The summed E-state index contributed by atoms with van der Waals surface area (Å²) < 4.78 is 0. The fraction of sp³-hybridized carbons (Fsp3) is 1.00. The average molecular weight is 168 g/mol. The molecule has 0 amide bonds. The molecule has 2 fully saturated rings. The van der Waals surface area contributed by atoms with Crippen LogP contribution in [0.25, 0.3) is 0 Å². The van der Waals surface area contributed by atoms with Crippen molar-refractivity contribution in [2.24, 2.45) is 17.6 Å². The molecule has 0 aromatic heterocycles. The highest BCUT2D eigenvalue weighted by molar-refractivity contribution is 4.94. The number of rotatable bonds is 1. The first kappa shape index (κ1) is 8.52. The van der Waals surface area contributed by atoms with Gasteiger partial charge in [0.05, 0.1) is 0 Å². The monoisotopic (exact) mass is 168 g/mol. The molecule has 2 atom stereocenters. The van der Waals surface area contributed by atoms with Crippen molar-refractivity contribution in [3.05, 3.63) is 0 Å². The summed E-state index contributed by atoms with van der Waals surface area (Å²) in [6.07, 6.45) is 6.73. The van der Waals surface area contributed by atoms with E-state index in [0.29, 0.717) is 6.04 Å². The standard InChI is InChI=1S/C10H20N2/c1-12-10-7-3-2-4-8(10)6-9(11)5-7/h7-10,12H,2-6,11H2,1H3. The molecule has 2 aliphatic rings. The second-order valence-corrected chi connectivity index (χ2v) is 4.50. The third-order valence-corrected chi connectivity index (χ3v) is 3.71. The van der Waals surface area contributed by atoms with Crippen LogP contribution in [0.5, 0.6) is 0 Å². The summed E-state index contributed by atoms with van der Waals surface area (Å²) in [4.78, 5) is 0. The quantitative estimate of drug-likeness (QED) is 0.615. The van der Waals surface area contributed by atoms with Crippen LogP contribution in [-0.2, 0) is 0 Å². The maximum Gasteiger partial charge on any atom is 0.0122 e. The Bertz CT molecular complexity index is 144. The zero-order valence-electron chi connectivity index (χ0n) is 7.92. The molecule has 2 saturated carbocycles. The molecule has 2 rings (SSSR count). The van der Waals surface area contributed by atoms with E-state index < -0.39 is 0 Å². The lowest BCUT2D eigenvalue weighted by Gasteiger charge is -2.44. The summed E-state index contributed by atoms with van der Waals surface area (Å²) in [6, 6.07) is 1.27. The van der Waals surface area contributed by atoms with Crippen LogP contribution in [-0.4, -0.2) is 19.1 Å². The maximum absolute atomic E-state index is 6.01. The van der Waals surface area contributed by atoms with Crippen LogP contribution in [0.15, 0.2) is 0 Å². The van der Waals surface area contributed by atoms with Crippen LogP contribution in [0.1, 0.15) is 32.1 Å². The van der Waals surface area contributed by atoms with Gasteiger partial charge in [-0.1, -0.05) is 6.42 Å². The normalized spacial score (nSPS) is 47.5. The number of hydrogen-bond donors (Lipinski definition) is 2. The van der Waals surface area contributed by atoms with Crippen molar-refractivity contribution in [1.82, 2.24) is 5.32 Å². The molecule has 0 saturated heterocycles. The van der Waals surface area contributed by atoms with Crippen molar-refractivity contribution >= 4 is 0 Å². The molecule has 2 aliphatic carbocycles. The zero-order valence-corrected chi connectivity index (χ0v) is 7.92. The first-order valence-corrected chi connectivity index (χ1v) is 5.24. The van der Waals surface area contributed by atoms with E-state index in [-0.39, 0.29) is 0 Å². The number of nitrogens with two attached hydrogens (primary N) is 1. The molecule has 3 N–H and O–H groups in total. The third kappa shape index (κ3) is 1.38. The lowest BCUT2D eigenvalue weighted by molar-refractivity contribution is 0.115. The number of fused-ring (bicyclic) bond motifs is 2. The summed E-state index contributed by atoms with van der Waals surface area (Å²) >= 11 is 0. The SMILES string of the molecule is CNC1C2CCCC1CC(N)C2. The van der Waals surface area contributed by atoms with Gasteiger partial charge in [0.1, 0.15) is 0 Å². The fourth-order valence-electron chi connectivity index (χ4n) is 3.26. The molecule has 0 radical (unpaired) electrons. The molecule has 0 aliphatic heterocycles. The molecule has 0 aromatic carbocycles. The van der Waals surface area contributed by atoms with Crippen LogP contribution >= 0.6 is 0 Å². The van der Waals surface area contributed by atoms with Crippen LogP contribution in [0.4, 0.5) is 0 Å². The van der Waals surface area contributed by atoms with E-state index in [1.807, 2.05) is 0 Å². The van der Waals surface area contributed by atoms with E-state index >= 15 is 0 Å². The minimum Gasteiger partial charge on any atom is -0.328 e. The Kier molecular flexibility index (Phi) is 2.37. The predicted molar refractivity (Wildman–Crippen MR) is 50.9 cm³/mol. The second kappa shape index (κ2) is 3.35. The Morgan fingerprint density at radius 3 is 2.25 bits per heavy atom. The van der Waals surface area contributed by atoms with E-state index in [4.69, 9.17) is 5.73 Å². The van der Waals surface area contributed by atoms with E-state index in [1.54, 1.807) is 0 Å². The molecule has 2 bridgehead atoms. The summed E-state index contributed by atoms with van der Waals surface area (Å²) in [5.74, 6) is 1.75. The molecular weight excluding hydrogens is 148 g/mol. The van der Waals surface area contributed by atoms with E-state index in [2.05, 4.69) is 12.4 Å². The zero-order chi connectivity index (χ0) is 8.55. The van der Waals surface area contributed by atoms with Crippen molar-refractivity contribution in [3.8, 4) is 0 Å². The highest BCUT2D eigenvalue weighted by Gasteiger charge is 2.37. The predicted octanol–water partition coefficient (Wildman–Crippen LogP) is 1.11. The van der Waals surface area contributed by atoms with Gasteiger partial charge >= 0.3 is 0 Å². The fourth-order valence-corrected chi connectivity index (χ4v) is 3.26. The van der Waals surface area contributed by atoms with Crippen molar-refractivity contribution in [2.45, 2.75) is 44.2 Å². The lowest BCUT2D eigenvalue weighted by atomic mass is 9.67. The molecule has 0 spiro atoms. The first-order chi connectivity index (χ1) is 5.81. The Labute approximate surface area is 74.9 Å². The van der Waals surface area contributed by atoms with Gasteiger partial charge in [-0.05, 0) is 44.6 Å². The molecule has 2 heteroatoms. The van der Waals surface area contributed by atoms with Gasteiger partial charge in [0, 0.05) is 12.1 Å². The van der Waals surface area contributed by atoms with Crippen molar-refractivity contribution in [3.63, 3.8) is 0 Å². The first-order valence-electron chi connectivity index (χ1n) is 5.24. The largest absolute Gasteiger partial charge is 0.328 e. The Hall–Kier alpha value is -0.0800. The van der Waals surface area contributed by atoms with E-state index in [9.17, 15) is 0 Å². The lowest BCUT2D eigenvalue weighted by Crippen LogP contribution is -2.51. The maximum atomic E-state index is 6.01.